The number of benzene rings is 1. The van der Waals surface area contributed by atoms with E-state index in [1.54, 1.807) is 24.3 Å². The molecule has 0 atom stereocenters. The third-order valence-electron chi connectivity index (χ3n) is 4.65. The van der Waals surface area contributed by atoms with Crippen molar-refractivity contribution in [1.82, 2.24) is 14.9 Å². The number of hydrogen-bond donors (Lipinski definition) is 3. The molecule has 2 heterocycles. The minimum Gasteiger partial charge on any atom is -0.349 e. The molecule has 0 spiro atoms. The molecule has 0 radical (unpaired) electrons. The summed E-state index contributed by atoms with van der Waals surface area (Å²) in [5, 5.41) is 8.40. The number of nitrogens with one attached hydrogen (secondary N) is 3. The minimum atomic E-state index is -0.362. The average molecular weight is 397 g/mol. The molecule has 3 rings (SSSR count). The zero-order chi connectivity index (χ0) is 21.0. The second-order valence-electron chi connectivity index (χ2n) is 7.66. The van der Waals surface area contributed by atoms with Crippen LogP contribution in [0.4, 0.5) is 11.4 Å². The summed E-state index contributed by atoms with van der Waals surface area (Å²) < 4.78 is 1.86. The van der Waals surface area contributed by atoms with Crippen molar-refractivity contribution in [2.45, 2.75) is 46.6 Å². The fourth-order valence-electron chi connectivity index (χ4n) is 3.34. The maximum absolute atomic E-state index is 12.9. The molecule has 1 aromatic carbocycles. The summed E-state index contributed by atoms with van der Waals surface area (Å²) in [5.74, 6) is -0.188. The smallest absolute Gasteiger partial charge is 0.287 e. The Morgan fingerprint density at radius 3 is 2.52 bits per heavy atom. The van der Waals surface area contributed by atoms with Crippen LogP contribution in [0, 0.1) is 5.92 Å². The fourth-order valence-corrected chi connectivity index (χ4v) is 3.34. The Morgan fingerprint density at radius 1 is 1.10 bits per heavy atom. The first-order valence-corrected chi connectivity index (χ1v) is 9.91. The highest BCUT2D eigenvalue weighted by atomic mass is 16.2. The standard InChI is InChI=1S/C21H27N5O3/c1-13(2)12-22-21(29)19-25-18(17-9-4-5-10-26(17)19)20(28)24-16-8-6-7-15(11-16)23-14(3)27/h6-8,11,13H,4-5,9-10,12H2,1-3H3,(H,22,29)(H,23,27)(H,24,28). The van der Waals surface area contributed by atoms with Gasteiger partial charge in [0.15, 0.2) is 11.5 Å². The lowest BCUT2D eigenvalue weighted by molar-refractivity contribution is -0.114. The Morgan fingerprint density at radius 2 is 1.83 bits per heavy atom. The predicted molar refractivity (Wildman–Crippen MR) is 111 cm³/mol. The molecular formula is C21H27N5O3. The van der Waals surface area contributed by atoms with Crippen LogP contribution in [0.3, 0.4) is 0 Å². The average Bonchev–Trinajstić information content (AvgIpc) is 3.06. The zero-order valence-corrected chi connectivity index (χ0v) is 17.0. The third kappa shape index (κ3) is 5.01. The molecule has 8 nitrogen and oxygen atoms in total. The first-order valence-electron chi connectivity index (χ1n) is 9.91. The molecule has 2 aromatic rings. The van der Waals surface area contributed by atoms with Gasteiger partial charge in [-0.1, -0.05) is 19.9 Å². The molecule has 0 aliphatic carbocycles. The summed E-state index contributed by atoms with van der Waals surface area (Å²) in [4.78, 5) is 41.2. The van der Waals surface area contributed by atoms with E-state index in [-0.39, 0.29) is 29.2 Å². The first kappa shape index (κ1) is 20.6. The van der Waals surface area contributed by atoms with Crippen molar-refractivity contribution in [3.05, 3.63) is 41.5 Å². The van der Waals surface area contributed by atoms with Crippen LogP contribution in [-0.2, 0) is 17.8 Å². The molecule has 1 aliphatic rings. The third-order valence-corrected chi connectivity index (χ3v) is 4.65. The van der Waals surface area contributed by atoms with Crippen molar-refractivity contribution < 1.29 is 14.4 Å². The molecule has 8 heteroatoms. The molecule has 1 aliphatic heterocycles. The lowest BCUT2D eigenvalue weighted by Crippen LogP contribution is -2.30. The van der Waals surface area contributed by atoms with E-state index in [2.05, 4.69) is 20.9 Å². The van der Waals surface area contributed by atoms with Gasteiger partial charge in [-0.15, -0.1) is 0 Å². The summed E-state index contributed by atoms with van der Waals surface area (Å²) in [5.41, 5.74) is 2.21. The van der Waals surface area contributed by atoms with Gasteiger partial charge in [0.1, 0.15) is 0 Å². The molecule has 0 unspecified atom stereocenters. The van der Waals surface area contributed by atoms with Crippen molar-refractivity contribution in [2.75, 3.05) is 17.2 Å². The van der Waals surface area contributed by atoms with Crippen molar-refractivity contribution in [3.63, 3.8) is 0 Å². The Kier molecular flexibility index (Phi) is 6.31. The lowest BCUT2D eigenvalue weighted by Gasteiger charge is -2.17. The monoisotopic (exact) mass is 397 g/mol. The van der Waals surface area contributed by atoms with Crippen molar-refractivity contribution in [2.24, 2.45) is 5.92 Å². The number of aromatic nitrogens is 2. The number of rotatable bonds is 6. The number of anilines is 2. The number of hydrogen-bond acceptors (Lipinski definition) is 4. The summed E-state index contributed by atoms with van der Waals surface area (Å²) in [6.07, 6.45) is 2.61. The van der Waals surface area contributed by atoms with E-state index in [4.69, 9.17) is 0 Å². The Labute approximate surface area is 170 Å². The van der Waals surface area contributed by atoms with Crippen LogP contribution in [-0.4, -0.2) is 33.8 Å². The van der Waals surface area contributed by atoms with Gasteiger partial charge >= 0.3 is 0 Å². The SMILES string of the molecule is CC(=O)Nc1cccc(NC(=O)c2nc(C(=O)NCC(C)C)n3c2CCCC3)c1. The van der Waals surface area contributed by atoms with E-state index in [0.717, 1.165) is 18.5 Å². The van der Waals surface area contributed by atoms with E-state index in [9.17, 15) is 14.4 Å². The zero-order valence-electron chi connectivity index (χ0n) is 17.0. The lowest BCUT2D eigenvalue weighted by atomic mass is 10.1. The van der Waals surface area contributed by atoms with Crippen molar-refractivity contribution in [3.8, 4) is 0 Å². The highest BCUT2D eigenvalue weighted by Crippen LogP contribution is 2.23. The van der Waals surface area contributed by atoms with Gasteiger partial charge in [-0.25, -0.2) is 4.98 Å². The van der Waals surface area contributed by atoms with Crippen LogP contribution in [0.15, 0.2) is 24.3 Å². The Hall–Kier alpha value is -3.16. The van der Waals surface area contributed by atoms with E-state index >= 15 is 0 Å². The first-order chi connectivity index (χ1) is 13.8. The number of nitrogens with zero attached hydrogens (tertiary/aromatic N) is 2. The Bertz CT molecular complexity index is 932. The van der Waals surface area contributed by atoms with Crippen LogP contribution >= 0.6 is 0 Å². The maximum Gasteiger partial charge on any atom is 0.287 e. The summed E-state index contributed by atoms with van der Waals surface area (Å²) in [6, 6.07) is 6.90. The van der Waals surface area contributed by atoms with Crippen LogP contribution in [0.2, 0.25) is 0 Å². The second-order valence-corrected chi connectivity index (χ2v) is 7.66. The fraction of sp³-hybridized carbons (Fsp3) is 0.429. The summed E-state index contributed by atoms with van der Waals surface area (Å²) >= 11 is 0. The molecule has 0 saturated carbocycles. The van der Waals surface area contributed by atoms with Gasteiger partial charge in [0.2, 0.25) is 5.91 Å². The van der Waals surface area contributed by atoms with Crippen molar-refractivity contribution in [1.29, 1.82) is 0 Å². The van der Waals surface area contributed by atoms with E-state index in [0.29, 0.717) is 36.8 Å². The molecule has 0 fully saturated rings. The van der Waals surface area contributed by atoms with E-state index in [1.807, 2.05) is 18.4 Å². The molecule has 3 N–H and O–H groups in total. The van der Waals surface area contributed by atoms with Gasteiger partial charge < -0.3 is 20.5 Å². The molecule has 0 saturated heterocycles. The van der Waals surface area contributed by atoms with E-state index in [1.165, 1.54) is 6.92 Å². The molecule has 3 amide bonds. The highest BCUT2D eigenvalue weighted by Gasteiger charge is 2.27. The van der Waals surface area contributed by atoms with Gasteiger partial charge in [-0.05, 0) is 43.4 Å². The number of carbonyl (C=O) groups excluding carboxylic acids is 3. The van der Waals surface area contributed by atoms with Crippen LogP contribution < -0.4 is 16.0 Å². The van der Waals surface area contributed by atoms with Crippen LogP contribution in [0.1, 0.15) is 60.4 Å². The van der Waals surface area contributed by atoms with Gasteiger partial charge in [-0.3, -0.25) is 14.4 Å². The largest absolute Gasteiger partial charge is 0.349 e. The molecule has 1 aromatic heterocycles. The summed E-state index contributed by atoms with van der Waals surface area (Å²) in [6.45, 7) is 6.70. The number of imidazole rings is 1. The Balaban J connectivity index is 1.83. The number of fused-ring (bicyclic) bond motifs is 1. The maximum atomic E-state index is 12.9. The second kappa shape index (κ2) is 8.89. The quantitative estimate of drug-likeness (QED) is 0.697. The topological polar surface area (TPSA) is 105 Å². The minimum absolute atomic E-state index is 0.186. The molecule has 0 bridgehead atoms. The van der Waals surface area contributed by atoms with Crippen molar-refractivity contribution >= 4 is 29.1 Å². The number of amides is 3. The predicted octanol–water partition coefficient (Wildman–Crippen LogP) is 2.82. The van der Waals surface area contributed by atoms with Crippen LogP contribution in [0.25, 0.3) is 0 Å². The van der Waals surface area contributed by atoms with Gasteiger partial charge in [0, 0.05) is 31.4 Å². The normalized spacial score (nSPS) is 13.0. The summed E-state index contributed by atoms with van der Waals surface area (Å²) in [7, 11) is 0. The van der Waals surface area contributed by atoms with Crippen LogP contribution in [0.5, 0.6) is 0 Å². The highest BCUT2D eigenvalue weighted by molar-refractivity contribution is 6.05. The van der Waals surface area contributed by atoms with E-state index < -0.39 is 0 Å². The molecule has 29 heavy (non-hydrogen) atoms. The van der Waals surface area contributed by atoms with Gasteiger partial charge in [0.25, 0.3) is 11.8 Å². The van der Waals surface area contributed by atoms with Gasteiger partial charge in [-0.2, -0.15) is 0 Å². The molecular weight excluding hydrogens is 370 g/mol. The number of carbonyl (C=O) groups is 3. The molecule has 154 valence electrons. The van der Waals surface area contributed by atoms with Gasteiger partial charge in [0.05, 0.1) is 5.69 Å².